The average Bonchev–Trinajstić information content (AvgIpc) is 2.33. The zero-order valence-electron chi connectivity index (χ0n) is 13.7. The summed E-state index contributed by atoms with van der Waals surface area (Å²) in [6.07, 6.45) is 11.0. The van der Waals surface area contributed by atoms with Crippen molar-refractivity contribution >= 4 is 5.91 Å². The standard InChI is InChI=1S/C19H29NO/c1-5-7-20(8-6-2)16(21)19-11-15-9-17(3,13-19)12-18(4,10-15)14-19/h5-6,15H,1-2,7-14H2,3-4H3/t15?,17-,18+,19?. The molecular formula is C19H29NO. The molecule has 21 heavy (non-hydrogen) atoms. The minimum absolute atomic E-state index is 0.102. The molecule has 4 aliphatic rings. The van der Waals surface area contributed by atoms with Crippen molar-refractivity contribution in [3.05, 3.63) is 25.3 Å². The van der Waals surface area contributed by atoms with Gasteiger partial charge in [-0.2, -0.15) is 0 Å². The van der Waals surface area contributed by atoms with E-state index in [9.17, 15) is 4.79 Å². The first kappa shape index (κ1) is 14.9. The van der Waals surface area contributed by atoms with Crippen molar-refractivity contribution in [3.63, 3.8) is 0 Å². The van der Waals surface area contributed by atoms with Crippen LogP contribution in [0.4, 0.5) is 0 Å². The Hall–Kier alpha value is -1.05. The highest BCUT2D eigenvalue weighted by atomic mass is 16.2. The SMILES string of the molecule is C=CCN(CC=C)C(=O)C12CC3C[C@@](C)(C1)C[C@](C)(C3)C2. The van der Waals surface area contributed by atoms with Crippen LogP contribution < -0.4 is 0 Å². The van der Waals surface area contributed by atoms with Crippen LogP contribution >= 0.6 is 0 Å². The molecule has 116 valence electrons. The van der Waals surface area contributed by atoms with Crippen LogP contribution in [0, 0.1) is 22.2 Å². The van der Waals surface area contributed by atoms with Crippen LogP contribution in [-0.2, 0) is 4.79 Å². The highest BCUT2D eigenvalue weighted by Gasteiger charge is 2.63. The molecule has 4 atom stereocenters. The van der Waals surface area contributed by atoms with E-state index in [0.717, 1.165) is 25.2 Å². The van der Waals surface area contributed by atoms with E-state index in [1.807, 2.05) is 17.1 Å². The van der Waals surface area contributed by atoms with Gasteiger partial charge in [0.1, 0.15) is 0 Å². The van der Waals surface area contributed by atoms with Gasteiger partial charge in [0.2, 0.25) is 5.91 Å². The number of carbonyl (C=O) groups is 1. The van der Waals surface area contributed by atoms with Crippen molar-refractivity contribution in [3.8, 4) is 0 Å². The smallest absolute Gasteiger partial charge is 0.229 e. The summed E-state index contributed by atoms with van der Waals surface area (Å²) in [4.78, 5) is 15.2. The molecule has 2 nitrogen and oxygen atoms in total. The van der Waals surface area contributed by atoms with Gasteiger partial charge in [0.15, 0.2) is 0 Å². The lowest BCUT2D eigenvalue weighted by Gasteiger charge is -2.65. The number of amides is 1. The van der Waals surface area contributed by atoms with Gasteiger partial charge in [0.25, 0.3) is 0 Å². The second-order valence-electron chi connectivity index (χ2n) is 8.70. The van der Waals surface area contributed by atoms with E-state index in [1.54, 1.807) is 0 Å². The Kier molecular flexibility index (Phi) is 3.35. The molecule has 2 heteroatoms. The first-order chi connectivity index (χ1) is 9.84. The maximum atomic E-state index is 13.3. The van der Waals surface area contributed by atoms with Gasteiger partial charge in [-0.3, -0.25) is 4.79 Å². The number of hydrogen-bond donors (Lipinski definition) is 0. The summed E-state index contributed by atoms with van der Waals surface area (Å²) in [5, 5.41) is 0. The van der Waals surface area contributed by atoms with Gasteiger partial charge in [0.05, 0.1) is 5.41 Å². The molecule has 0 radical (unpaired) electrons. The third-order valence-electron chi connectivity index (χ3n) is 6.07. The third-order valence-corrected chi connectivity index (χ3v) is 6.07. The lowest BCUT2D eigenvalue weighted by molar-refractivity contribution is -0.178. The molecule has 0 aromatic carbocycles. The van der Waals surface area contributed by atoms with Crippen LogP contribution in [-0.4, -0.2) is 23.9 Å². The molecule has 2 unspecified atom stereocenters. The monoisotopic (exact) mass is 287 g/mol. The quantitative estimate of drug-likeness (QED) is 0.695. The molecule has 4 rings (SSSR count). The summed E-state index contributed by atoms with van der Waals surface area (Å²) < 4.78 is 0. The van der Waals surface area contributed by atoms with Crippen molar-refractivity contribution in [2.75, 3.05) is 13.1 Å². The Morgan fingerprint density at radius 3 is 2.00 bits per heavy atom. The fraction of sp³-hybridized carbons (Fsp3) is 0.737. The lowest BCUT2D eigenvalue weighted by Crippen LogP contribution is -2.60. The van der Waals surface area contributed by atoms with E-state index < -0.39 is 0 Å². The average molecular weight is 287 g/mol. The molecule has 0 aromatic rings. The van der Waals surface area contributed by atoms with Crippen molar-refractivity contribution in [1.29, 1.82) is 0 Å². The van der Waals surface area contributed by atoms with Gasteiger partial charge in [-0.25, -0.2) is 0 Å². The molecular weight excluding hydrogens is 258 g/mol. The molecule has 0 heterocycles. The summed E-state index contributed by atoms with van der Waals surface area (Å²) in [5.41, 5.74) is 0.671. The molecule has 4 fully saturated rings. The van der Waals surface area contributed by atoms with Crippen LogP contribution in [0.3, 0.4) is 0 Å². The first-order valence-corrected chi connectivity index (χ1v) is 8.35. The first-order valence-electron chi connectivity index (χ1n) is 8.35. The van der Waals surface area contributed by atoms with Crippen LogP contribution in [0.5, 0.6) is 0 Å². The Bertz CT molecular complexity index is 452. The summed E-state index contributed by atoms with van der Waals surface area (Å²) in [5.74, 6) is 1.12. The van der Waals surface area contributed by atoms with Gasteiger partial charge in [-0.15, -0.1) is 13.2 Å². The fourth-order valence-corrected chi connectivity index (χ4v) is 6.57. The van der Waals surface area contributed by atoms with E-state index in [1.165, 1.54) is 19.3 Å². The Morgan fingerprint density at radius 1 is 1.05 bits per heavy atom. The number of rotatable bonds is 5. The Balaban J connectivity index is 1.91. The number of hydrogen-bond acceptors (Lipinski definition) is 1. The minimum Gasteiger partial charge on any atom is -0.335 e. The molecule has 4 saturated carbocycles. The second-order valence-corrected chi connectivity index (χ2v) is 8.70. The Labute approximate surface area is 129 Å². The van der Waals surface area contributed by atoms with Gasteiger partial charge in [-0.1, -0.05) is 26.0 Å². The van der Waals surface area contributed by atoms with Gasteiger partial charge in [-0.05, 0) is 55.3 Å². The molecule has 4 aliphatic carbocycles. The van der Waals surface area contributed by atoms with Crippen molar-refractivity contribution < 1.29 is 4.79 Å². The fourth-order valence-electron chi connectivity index (χ4n) is 6.57. The molecule has 1 amide bonds. The Morgan fingerprint density at radius 2 is 1.57 bits per heavy atom. The van der Waals surface area contributed by atoms with E-state index in [2.05, 4.69) is 27.0 Å². The maximum absolute atomic E-state index is 13.3. The predicted molar refractivity (Wildman–Crippen MR) is 86.8 cm³/mol. The molecule has 4 bridgehead atoms. The van der Waals surface area contributed by atoms with Gasteiger partial charge < -0.3 is 4.90 Å². The van der Waals surface area contributed by atoms with Gasteiger partial charge in [0, 0.05) is 13.1 Å². The molecule has 0 saturated heterocycles. The normalized spacial score (nSPS) is 43.6. The molecule has 0 N–H and O–H groups in total. The lowest BCUT2D eigenvalue weighted by atomic mass is 9.40. The van der Waals surface area contributed by atoms with E-state index in [-0.39, 0.29) is 5.41 Å². The van der Waals surface area contributed by atoms with E-state index >= 15 is 0 Å². The van der Waals surface area contributed by atoms with Crippen LogP contribution in [0.2, 0.25) is 0 Å². The van der Waals surface area contributed by atoms with Crippen molar-refractivity contribution in [2.45, 2.75) is 52.4 Å². The van der Waals surface area contributed by atoms with Crippen LogP contribution in [0.1, 0.15) is 52.4 Å². The summed E-state index contributed by atoms with van der Waals surface area (Å²) in [6, 6.07) is 0. The topological polar surface area (TPSA) is 20.3 Å². The summed E-state index contributed by atoms with van der Waals surface area (Å²) in [6.45, 7) is 13.7. The number of carbonyl (C=O) groups excluding carboxylic acids is 1. The summed E-state index contributed by atoms with van der Waals surface area (Å²) >= 11 is 0. The van der Waals surface area contributed by atoms with Crippen LogP contribution in [0.25, 0.3) is 0 Å². The largest absolute Gasteiger partial charge is 0.335 e. The van der Waals surface area contributed by atoms with Crippen molar-refractivity contribution in [2.24, 2.45) is 22.2 Å². The van der Waals surface area contributed by atoms with Crippen LogP contribution in [0.15, 0.2) is 25.3 Å². The maximum Gasteiger partial charge on any atom is 0.229 e. The number of nitrogens with zero attached hydrogens (tertiary/aromatic N) is 1. The minimum atomic E-state index is -0.102. The molecule has 0 aliphatic heterocycles. The highest BCUT2D eigenvalue weighted by Crippen LogP contribution is 2.69. The summed E-state index contributed by atoms with van der Waals surface area (Å²) in [7, 11) is 0. The zero-order valence-corrected chi connectivity index (χ0v) is 13.7. The van der Waals surface area contributed by atoms with Crippen molar-refractivity contribution in [1.82, 2.24) is 4.90 Å². The molecule has 0 spiro atoms. The molecule has 0 aromatic heterocycles. The second kappa shape index (κ2) is 4.72. The van der Waals surface area contributed by atoms with Gasteiger partial charge >= 0.3 is 0 Å². The predicted octanol–water partition coefficient (Wildman–Crippen LogP) is 4.18. The third kappa shape index (κ3) is 2.37. The van der Waals surface area contributed by atoms with E-state index in [4.69, 9.17) is 0 Å². The highest BCUT2D eigenvalue weighted by molar-refractivity contribution is 5.84. The zero-order chi connectivity index (χ0) is 15.3. The van der Waals surface area contributed by atoms with E-state index in [0.29, 0.717) is 29.8 Å².